The summed E-state index contributed by atoms with van der Waals surface area (Å²) >= 11 is 6.06. The van der Waals surface area contributed by atoms with Crippen molar-refractivity contribution < 1.29 is 4.74 Å². The molecule has 3 rings (SSSR count). The Bertz CT molecular complexity index is 584. The lowest BCUT2D eigenvalue weighted by Crippen LogP contribution is -2.36. The van der Waals surface area contributed by atoms with Crippen LogP contribution in [0.1, 0.15) is 5.56 Å². The summed E-state index contributed by atoms with van der Waals surface area (Å²) in [6.45, 7) is 4.02. The maximum atomic E-state index is 6.06. The lowest BCUT2D eigenvalue weighted by Gasteiger charge is -2.27. The minimum Gasteiger partial charge on any atom is -0.380 e. The van der Waals surface area contributed by atoms with Gasteiger partial charge >= 0.3 is 0 Å². The fraction of sp³-hybridized carbons (Fsp3) is 0.333. The number of nitrogens with one attached hydrogen (secondary N) is 1. The minimum atomic E-state index is 0.621. The molecular formula is C15H17ClN4O. The topological polar surface area (TPSA) is 50.3 Å². The van der Waals surface area contributed by atoms with Gasteiger partial charge in [-0.2, -0.15) is 0 Å². The molecule has 1 fully saturated rings. The minimum absolute atomic E-state index is 0.621. The molecule has 0 radical (unpaired) electrons. The first kappa shape index (κ1) is 14.1. The van der Waals surface area contributed by atoms with Gasteiger partial charge in [-0.15, -0.1) is 0 Å². The third kappa shape index (κ3) is 3.62. The fourth-order valence-electron chi connectivity index (χ4n) is 2.22. The molecule has 0 atom stereocenters. The number of morpholine rings is 1. The molecule has 0 amide bonds. The van der Waals surface area contributed by atoms with Crippen LogP contribution in [0.5, 0.6) is 0 Å². The Morgan fingerprint density at radius 2 is 2.05 bits per heavy atom. The number of nitrogens with zero attached hydrogens (tertiary/aromatic N) is 3. The van der Waals surface area contributed by atoms with Gasteiger partial charge in [0, 0.05) is 38.2 Å². The summed E-state index contributed by atoms with van der Waals surface area (Å²) in [5.41, 5.74) is 1.99. The Hall–Kier alpha value is -1.85. The Morgan fingerprint density at radius 3 is 2.76 bits per heavy atom. The van der Waals surface area contributed by atoms with E-state index in [0.29, 0.717) is 11.6 Å². The standard InChI is InChI=1S/C15H17ClN4O/c16-13-11-17-4-3-14(13)18-9-12-1-2-15(19-10-12)20-5-7-21-8-6-20/h1-4,10-11H,5-9H2,(H,17,18). The Labute approximate surface area is 128 Å². The SMILES string of the molecule is Clc1cnccc1NCc1ccc(N2CCOCC2)nc1. The number of anilines is 2. The molecule has 0 unspecified atom stereocenters. The van der Waals surface area contributed by atoms with Gasteiger partial charge in [-0.25, -0.2) is 4.98 Å². The highest BCUT2D eigenvalue weighted by atomic mass is 35.5. The van der Waals surface area contributed by atoms with Crippen molar-refractivity contribution in [2.45, 2.75) is 6.54 Å². The first-order chi connectivity index (χ1) is 10.3. The summed E-state index contributed by atoms with van der Waals surface area (Å²) in [6.07, 6.45) is 5.24. The van der Waals surface area contributed by atoms with Crippen molar-refractivity contribution in [1.29, 1.82) is 0 Å². The number of hydrogen-bond donors (Lipinski definition) is 1. The van der Waals surface area contributed by atoms with Gasteiger partial charge < -0.3 is 15.0 Å². The molecule has 21 heavy (non-hydrogen) atoms. The Morgan fingerprint density at radius 1 is 1.19 bits per heavy atom. The molecule has 6 heteroatoms. The van der Waals surface area contributed by atoms with Crippen LogP contribution in [0.3, 0.4) is 0 Å². The van der Waals surface area contributed by atoms with Gasteiger partial charge in [-0.3, -0.25) is 4.98 Å². The third-order valence-corrected chi connectivity index (χ3v) is 3.70. The van der Waals surface area contributed by atoms with Crippen molar-refractivity contribution in [3.05, 3.63) is 47.4 Å². The van der Waals surface area contributed by atoms with Crippen LogP contribution in [0, 0.1) is 0 Å². The molecule has 1 aliphatic heterocycles. The molecule has 0 spiro atoms. The summed E-state index contributed by atoms with van der Waals surface area (Å²) in [7, 11) is 0. The van der Waals surface area contributed by atoms with Gasteiger partial charge in [0.25, 0.3) is 0 Å². The van der Waals surface area contributed by atoms with E-state index in [1.54, 1.807) is 12.4 Å². The molecule has 3 heterocycles. The second kappa shape index (κ2) is 6.74. The number of rotatable bonds is 4. The first-order valence-electron chi connectivity index (χ1n) is 6.94. The lowest BCUT2D eigenvalue weighted by molar-refractivity contribution is 0.122. The van der Waals surface area contributed by atoms with E-state index < -0.39 is 0 Å². The van der Waals surface area contributed by atoms with Crippen molar-refractivity contribution in [3.63, 3.8) is 0 Å². The largest absolute Gasteiger partial charge is 0.380 e. The second-order valence-electron chi connectivity index (χ2n) is 4.83. The van der Waals surface area contributed by atoms with E-state index in [9.17, 15) is 0 Å². The summed E-state index contributed by atoms with van der Waals surface area (Å²) in [5.74, 6) is 1.00. The van der Waals surface area contributed by atoms with E-state index >= 15 is 0 Å². The quantitative estimate of drug-likeness (QED) is 0.941. The zero-order chi connectivity index (χ0) is 14.5. The van der Waals surface area contributed by atoms with Crippen LogP contribution in [-0.4, -0.2) is 36.3 Å². The zero-order valence-electron chi connectivity index (χ0n) is 11.6. The number of ether oxygens (including phenoxy) is 1. The second-order valence-corrected chi connectivity index (χ2v) is 5.24. The lowest BCUT2D eigenvalue weighted by atomic mass is 10.2. The van der Waals surface area contributed by atoms with Crippen molar-refractivity contribution in [2.75, 3.05) is 36.5 Å². The van der Waals surface area contributed by atoms with E-state index in [1.165, 1.54) is 0 Å². The van der Waals surface area contributed by atoms with Crippen LogP contribution in [-0.2, 0) is 11.3 Å². The molecule has 1 N–H and O–H groups in total. The van der Waals surface area contributed by atoms with Crippen LogP contribution < -0.4 is 10.2 Å². The van der Waals surface area contributed by atoms with Crippen LogP contribution >= 0.6 is 11.6 Å². The number of pyridine rings is 2. The Balaban J connectivity index is 1.60. The highest BCUT2D eigenvalue weighted by Crippen LogP contribution is 2.20. The molecule has 2 aromatic heterocycles. The van der Waals surface area contributed by atoms with Crippen molar-refractivity contribution >= 4 is 23.1 Å². The smallest absolute Gasteiger partial charge is 0.128 e. The van der Waals surface area contributed by atoms with Gasteiger partial charge in [-0.1, -0.05) is 17.7 Å². The molecule has 5 nitrogen and oxygen atoms in total. The van der Waals surface area contributed by atoms with Gasteiger partial charge in [-0.05, 0) is 17.7 Å². The van der Waals surface area contributed by atoms with Crippen LogP contribution in [0.25, 0.3) is 0 Å². The highest BCUT2D eigenvalue weighted by Gasteiger charge is 2.11. The van der Waals surface area contributed by atoms with E-state index in [2.05, 4.69) is 32.3 Å². The summed E-state index contributed by atoms with van der Waals surface area (Å²) in [6, 6.07) is 5.99. The molecule has 0 bridgehead atoms. The predicted molar refractivity (Wildman–Crippen MR) is 83.8 cm³/mol. The number of aromatic nitrogens is 2. The Kier molecular flexibility index (Phi) is 4.52. The molecule has 1 aliphatic rings. The normalized spacial score (nSPS) is 15.0. The highest BCUT2D eigenvalue weighted by molar-refractivity contribution is 6.33. The van der Waals surface area contributed by atoms with Crippen molar-refractivity contribution in [3.8, 4) is 0 Å². The van der Waals surface area contributed by atoms with Crippen LogP contribution in [0.4, 0.5) is 11.5 Å². The van der Waals surface area contributed by atoms with Crippen LogP contribution in [0.15, 0.2) is 36.8 Å². The molecule has 1 saturated heterocycles. The van der Waals surface area contributed by atoms with E-state index in [4.69, 9.17) is 16.3 Å². The monoisotopic (exact) mass is 304 g/mol. The summed E-state index contributed by atoms with van der Waals surface area (Å²) in [5, 5.41) is 3.90. The molecule has 110 valence electrons. The molecule has 0 aromatic carbocycles. The zero-order valence-corrected chi connectivity index (χ0v) is 12.4. The van der Waals surface area contributed by atoms with Gasteiger partial charge in [0.05, 0.1) is 23.9 Å². The van der Waals surface area contributed by atoms with Gasteiger partial charge in [0.1, 0.15) is 5.82 Å². The molecule has 0 aliphatic carbocycles. The number of hydrogen-bond acceptors (Lipinski definition) is 5. The first-order valence-corrected chi connectivity index (χ1v) is 7.32. The number of halogens is 1. The van der Waals surface area contributed by atoms with E-state index in [-0.39, 0.29) is 0 Å². The summed E-state index contributed by atoms with van der Waals surface area (Å²) in [4.78, 5) is 10.7. The van der Waals surface area contributed by atoms with Crippen molar-refractivity contribution in [2.24, 2.45) is 0 Å². The van der Waals surface area contributed by atoms with E-state index in [1.807, 2.05) is 12.3 Å². The third-order valence-electron chi connectivity index (χ3n) is 3.40. The van der Waals surface area contributed by atoms with Crippen LogP contribution in [0.2, 0.25) is 5.02 Å². The van der Waals surface area contributed by atoms with E-state index in [0.717, 1.165) is 43.4 Å². The maximum absolute atomic E-state index is 6.06. The predicted octanol–water partition coefficient (Wildman–Crippen LogP) is 2.58. The maximum Gasteiger partial charge on any atom is 0.128 e. The van der Waals surface area contributed by atoms with Gasteiger partial charge in [0.2, 0.25) is 0 Å². The molecular weight excluding hydrogens is 288 g/mol. The fourth-order valence-corrected chi connectivity index (χ4v) is 2.40. The van der Waals surface area contributed by atoms with Gasteiger partial charge in [0.15, 0.2) is 0 Å². The average Bonchev–Trinajstić information content (AvgIpc) is 2.55. The summed E-state index contributed by atoms with van der Waals surface area (Å²) < 4.78 is 5.35. The van der Waals surface area contributed by atoms with Crippen molar-refractivity contribution in [1.82, 2.24) is 9.97 Å². The molecule has 2 aromatic rings. The average molecular weight is 305 g/mol. The molecule has 0 saturated carbocycles.